The molecule has 2 bridgehead atoms. The summed E-state index contributed by atoms with van der Waals surface area (Å²) in [4.78, 5) is 1.15. The van der Waals surface area contributed by atoms with E-state index in [9.17, 15) is 8.42 Å². The van der Waals surface area contributed by atoms with Gasteiger partial charge in [-0.2, -0.15) is 4.31 Å². The molecular formula is C13H20N2O2S2. The zero-order valence-corrected chi connectivity index (χ0v) is 12.5. The van der Waals surface area contributed by atoms with Crippen LogP contribution in [0.5, 0.6) is 0 Å². The van der Waals surface area contributed by atoms with Gasteiger partial charge in [0.2, 0.25) is 10.0 Å². The topological polar surface area (TPSA) is 49.4 Å². The van der Waals surface area contributed by atoms with E-state index in [2.05, 4.69) is 5.32 Å². The van der Waals surface area contributed by atoms with E-state index in [1.54, 1.807) is 15.6 Å². The first kappa shape index (κ1) is 13.5. The maximum atomic E-state index is 12.4. The predicted molar refractivity (Wildman–Crippen MR) is 77.9 cm³/mol. The molecule has 2 aliphatic rings. The normalized spacial score (nSPS) is 28.4. The third-order valence-corrected chi connectivity index (χ3v) is 6.75. The van der Waals surface area contributed by atoms with Gasteiger partial charge in [-0.15, -0.1) is 11.3 Å². The van der Waals surface area contributed by atoms with E-state index in [0.29, 0.717) is 31.6 Å². The summed E-state index contributed by atoms with van der Waals surface area (Å²) >= 11 is 1.63. The van der Waals surface area contributed by atoms with Crippen LogP contribution in [0.15, 0.2) is 17.5 Å². The largest absolute Gasteiger partial charge is 0.309 e. The number of nitrogens with zero attached hydrogens (tertiary/aromatic N) is 1. The van der Waals surface area contributed by atoms with Crippen LogP contribution in [0.25, 0.3) is 0 Å². The van der Waals surface area contributed by atoms with Crippen molar-refractivity contribution in [3.8, 4) is 0 Å². The smallest absolute Gasteiger partial charge is 0.214 e. The molecule has 3 heterocycles. The Morgan fingerprint density at radius 2 is 2.05 bits per heavy atom. The van der Waals surface area contributed by atoms with Gasteiger partial charge in [0.15, 0.2) is 0 Å². The van der Waals surface area contributed by atoms with Crippen molar-refractivity contribution in [1.29, 1.82) is 0 Å². The first-order valence-electron chi connectivity index (χ1n) is 6.90. The van der Waals surface area contributed by atoms with Gasteiger partial charge in [0.25, 0.3) is 0 Å². The first-order chi connectivity index (χ1) is 9.13. The number of nitrogens with one attached hydrogen (secondary N) is 1. The summed E-state index contributed by atoms with van der Waals surface area (Å²) in [6.07, 6.45) is 4.07. The highest BCUT2D eigenvalue weighted by atomic mass is 32.2. The number of aryl methyl sites for hydroxylation is 1. The SMILES string of the molecule is O=S(=O)(CCc1cccs1)N1CC2CCCC(C1)N2. The molecule has 0 spiro atoms. The highest BCUT2D eigenvalue weighted by Crippen LogP contribution is 2.22. The minimum absolute atomic E-state index is 0.243. The van der Waals surface area contributed by atoms with Gasteiger partial charge in [0.05, 0.1) is 5.75 Å². The van der Waals surface area contributed by atoms with Crippen LogP contribution >= 0.6 is 11.3 Å². The van der Waals surface area contributed by atoms with Crippen LogP contribution in [-0.2, 0) is 16.4 Å². The summed E-state index contributed by atoms with van der Waals surface area (Å²) in [6, 6.07) is 4.71. The van der Waals surface area contributed by atoms with Gasteiger partial charge in [0, 0.05) is 30.1 Å². The molecule has 1 N–H and O–H groups in total. The average molecular weight is 300 g/mol. The fourth-order valence-corrected chi connectivity index (χ4v) is 5.39. The summed E-state index contributed by atoms with van der Waals surface area (Å²) in [5.74, 6) is 0.243. The second-order valence-electron chi connectivity index (χ2n) is 5.45. The van der Waals surface area contributed by atoms with Gasteiger partial charge in [-0.05, 0) is 30.7 Å². The zero-order chi connectivity index (χ0) is 13.3. The minimum atomic E-state index is -3.10. The maximum Gasteiger partial charge on any atom is 0.214 e. The Morgan fingerprint density at radius 1 is 1.32 bits per heavy atom. The summed E-state index contributed by atoms with van der Waals surface area (Å²) in [5, 5.41) is 5.52. The van der Waals surface area contributed by atoms with Crippen molar-refractivity contribution in [1.82, 2.24) is 9.62 Å². The lowest BCUT2D eigenvalue weighted by Gasteiger charge is -2.41. The lowest BCUT2D eigenvalue weighted by Crippen LogP contribution is -2.60. The third kappa shape index (κ3) is 3.18. The van der Waals surface area contributed by atoms with Crippen molar-refractivity contribution in [3.05, 3.63) is 22.4 Å². The molecule has 3 rings (SSSR count). The summed E-state index contributed by atoms with van der Waals surface area (Å²) in [5.41, 5.74) is 0. The average Bonchev–Trinajstić information content (AvgIpc) is 2.89. The van der Waals surface area contributed by atoms with E-state index in [4.69, 9.17) is 0 Å². The van der Waals surface area contributed by atoms with Crippen LogP contribution in [0, 0.1) is 0 Å². The Balaban J connectivity index is 1.63. The number of thiophene rings is 1. The Bertz CT molecular complexity index is 501. The Hall–Kier alpha value is -0.430. The van der Waals surface area contributed by atoms with Crippen molar-refractivity contribution in [3.63, 3.8) is 0 Å². The fourth-order valence-electron chi connectivity index (χ4n) is 3.01. The molecule has 2 unspecified atom stereocenters. The van der Waals surface area contributed by atoms with E-state index >= 15 is 0 Å². The predicted octanol–water partition coefficient (Wildman–Crippen LogP) is 1.45. The lowest BCUT2D eigenvalue weighted by atomic mass is 9.96. The van der Waals surface area contributed by atoms with Gasteiger partial charge in [-0.1, -0.05) is 12.5 Å². The second kappa shape index (κ2) is 5.52. The van der Waals surface area contributed by atoms with Crippen molar-refractivity contribution in [2.45, 2.75) is 37.8 Å². The van der Waals surface area contributed by atoms with Crippen molar-refractivity contribution in [2.75, 3.05) is 18.8 Å². The summed E-state index contributed by atoms with van der Waals surface area (Å²) in [7, 11) is -3.10. The molecular weight excluding hydrogens is 280 g/mol. The fraction of sp³-hybridized carbons (Fsp3) is 0.692. The highest BCUT2D eigenvalue weighted by molar-refractivity contribution is 7.89. The number of fused-ring (bicyclic) bond motifs is 2. The highest BCUT2D eigenvalue weighted by Gasteiger charge is 2.35. The van der Waals surface area contributed by atoms with E-state index < -0.39 is 10.0 Å². The molecule has 0 aliphatic carbocycles. The monoisotopic (exact) mass is 300 g/mol. The summed E-state index contributed by atoms with van der Waals surface area (Å²) in [6.45, 7) is 1.31. The van der Waals surface area contributed by atoms with Crippen LogP contribution in [0.4, 0.5) is 0 Å². The molecule has 1 aromatic heterocycles. The van der Waals surface area contributed by atoms with Gasteiger partial charge in [-0.3, -0.25) is 0 Å². The van der Waals surface area contributed by atoms with E-state index in [-0.39, 0.29) is 5.75 Å². The number of hydrogen-bond acceptors (Lipinski definition) is 4. The molecule has 1 aromatic rings. The first-order valence-corrected chi connectivity index (χ1v) is 9.38. The molecule has 0 saturated carbocycles. The number of piperazine rings is 1. The van der Waals surface area contributed by atoms with Crippen LogP contribution in [-0.4, -0.2) is 43.6 Å². The standard InChI is InChI=1S/C13H20N2O2S2/c16-19(17,8-6-13-5-2-7-18-13)15-9-11-3-1-4-12(10-15)14-11/h2,5,7,11-12,14H,1,3-4,6,8-10H2. The molecule has 2 atom stereocenters. The Labute approximate surface area is 118 Å². The molecule has 2 fully saturated rings. The van der Waals surface area contributed by atoms with E-state index in [1.807, 2.05) is 17.5 Å². The molecule has 2 aliphatic heterocycles. The maximum absolute atomic E-state index is 12.4. The van der Waals surface area contributed by atoms with E-state index in [0.717, 1.165) is 17.7 Å². The molecule has 4 nitrogen and oxygen atoms in total. The van der Waals surface area contributed by atoms with Gasteiger partial charge >= 0.3 is 0 Å². The molecule has 0 radical (unpaired) electrons. The van der Waals surface area contributed by atoms with Crippen molar-refractivity contribution in [2.24, 2.45) is 0 Å². The number of piperidine rings is 1. The quantitative estimate of drug-likeness (QED) is 0.915. The Morgan fingerprint density at radius 3 is 2.68 bits per heavy atom. The van der Waals surface area contributed by atoms with Crippen molar-refractivity contribution >= 4 is 21.4 Å². The molecule has 106 valence electrons. The van der Waals surface area contributed by atoms with Crippen LogP contribution in [0.2, 0.25) is 0 Å². The Kier molecular flexibility index (Phi) is 3.93. The van der Waals surface area contributed by atoms with Crippen LogP contribution in [0.1, 0.15) is 24.1 Å². The van der Waals surface area contributed by atoms with Crippen LogP contribution < -0.4 is 5.32 Å². The summed E-state index contributed by atoms with van der Waals surface area (Å²) < 4.78 is 26.5. The second-order valence-corrected chi connectivity index (χ2v) is 8.57. The lowest BCUT2D eigenvalue weighted by molar-refractivity contribution is 0.190. The molecule has 19 heavy (non-hydrogen) atoms. The van der Waals surface area contributed by atoms with Crippen LogP contribution in [0.3, 0.4) is 0 Å². The van der Waals surface area contributed by atoms with Gasteiger partial charge in [0.1, 0.15) is 0 Å². The van der Waals surface area contributed by atoms with Gasteiger partial charge < -0.3 is 5.32 Å². The third-order valence-electron chi connectivity index (χ3n) is 4.00. The molecule has 0 aromatic carbocycles. The number of sulfonamides is 1. The van der Waals surface area contributed by atoms with Gasteiger partial charge in [-0.25, -0.2) is 8.42 Å². The molecule has 0 amide bonds. The van der Waals surface area contributed by atoms with Crippen molar-refractivity contribution < 1.29 is 8.42 Å². The molecule has 2 saturated heterocycles. The van der Waals surface area contributed by atoms with E-state index in [1.165, 1.54) is 6.42 Å². The minimum Gasteiger partial charge on any atom is -0.309 e. The zero-order valence-electron chi connectivity index (χ0n) is 10.9. The number of hydrogen-bond donors (Lipinski definition) is 1. The number of rotatable bonds is 4. The molecule has 6 heteroatoms.